The second kappa shape index (κ2) is 7.04. The van der Waals surface area contributed by atoms with E-state index in [2.05, 4.69) is 33.3 Å². The highest BCUT2D eigenvalue weighted by atomic mass is 79.9. The lowest BCUT2D eigenvalue weighted by atomic mass is 10.1. The molecule has 7 heteroatoms. The number of hydrogen-bond acceptors (Lipinski definition) is 4. The van der Waals surface area contributed by atoms with Crippen LogP contribution in [0.15, 0.2) is 4.47 Å². The van der Waals surface area contributed by atoms with Crippen molar-refractivity contribution in [3.63, 3.8) is 0 Å². The molecule has 1 heterocycles. The van der Waals surface area contributed by atoms with E-state index in [9.17, 15) is 8.42 Å². The third-order valence-electron chi connectivity index (χ3n) is 3.72. The molecule has 0 spiro atoms. The number of nitrogens with zero attached hydrogens (tertiary/aromatic N) is 2. The summed E-state index contributed by atoms with van der Waals surface area (Å²) in [4.78, 5) is 0. The molecule has 0 bridgehead atoms. The van der Waals surface area contributed by atoms with Crippen LogP contribution >= 0.6 is 15.9 Å². The van der Waals surface area contributed by atoms with Crippen LogP contribution in [0, 0.1) is 0 Å². The summed E-state index contributed by atoms with van der Waals surface area (Å²) >= 11 is 3.60. The molecule has 5 nitrogen and oxygen atoms in total. The van der Waals surface area contributed by atoms with Gasteiger partial charge in [-0.25, -0.2) is 8.42 Å². The van der Waals surface area contributed by atoms with Gasteiger partial charge in [-0.05, 0) is 43.2 Å². The van der Waals surface area contributed by atoms with E-state index in [4.69, 9.17) is 0 Å². The Bertz CT molecular complexity index is 554. The van der Waals surface area contributed by atoms with Crippen molar-refractivity contribution in [2.75, 3.05) is 13.3 Å². The zero-order chi connectivity index (χ0) is 15.5. The summed E-state index contributed by atoms with van der Waals surface area (Å²) in [5.41, 5.74) is 2.07. The van der Waals surface area contributed by atoms with Crippen LogP contribution in [0.5, 0.6) is 0 Å². The van der Waals surface area contributed by atoms with Crippen molar-refractivity contribution in [2.45, 2.75) is 51.4 Å². The molecule has 0 saturated heterocycles. The zero-order valence-corrected chi connectivity index (χ0v) is 15.2. The van der Waals surface area contributed by atoms with Gasteiger partial charge in [-0.3, -0.25) is 4.68 Å². The third-order valence-corrected chi connectivity index (χ3v) is 6.31. The maximum atomic E-state index is 11.7. The summed E-state index contributed by atoms with van der Waals surface area (Å²) in [6.07, 6.45) is 2.77. The molecule has 1 aromatic heterocycles. The van der Waals surface area contributed by atoms with E-state index in [0.717, 1.165) is 28.8 Å². The van der Waals surface area contributed by atoms with Crippen LogP contribution in [0.3, 0.4) is 0 Å². The summed E-state index contributed by atoms with van der Waals surface area (Å²) in [7, 11) is -1.27. The van der Waals surface area contributed by atoms with Crippen LogP contribution in [-0.2, 0) is 29.2 Å². The number of aryl methyl sites for hydroxylation is 2. The van der Waals surface area contributed by atoms with Gasteiger partial charge in [0.25, 0.3) is 0 Å². The fourth-order valence-electron chi connectivity index (χ4n) is 2.22. The van der Waals surface area contributed by atoms with Gasteiger partial charge in [-0.2, -0.15) is 5.10 Å². The second-order valence-electron chi connectivity index (χ2n) is 5.01. The number of halogens is 1. The van der Waals surface area contributed by atoms with Crippen molar-refractivity contribution in [1.82, 2.24) is 15.1 Å². The van der Waals surface area contributed by atoms with E-state index in [-0.39, 0.29) is 6.04 Å². The molecule has 0 fully saturated rings. The Kier molecular flexibility index (Phi) is 6.22. The van der Waals surface area contributed by atoms with Crippen molar-refractivity contribution >= 4 is 25.8 Å². The molecule has 1 N–H and O–H groups in total. The lowest BCUT2D eigenvalue weighted by molar-refractivity contribution is 0.495. The summed E-state index contributed by atoms with van der Waals surface area (Å²) in [5, 5.41) is 7.23. The van der Waals surface area contributed by atoms with Gasteiger partial charge in [-0.15, -0.1) is 0 Å². The average Bonchev–Trinajstić information content (AvgIpc) is 2.70. The SMILES string of the molecule is CCc1nn(CC)c(CC(NC)C(C)S(C)(=O)=O)c1Br. The molecule has 0 aromatic carbocycles. The quantitative estimate of drug-likeness (QED) is 0.799. The molecule has 20 heavy (non-hydrogen) atoms. The number of sulfone groups is 1. The average molecular weight is 366 g/mol. The van der Waals surface area contributed by atoms with Gasteiger partial charge in [0.05, 0.1) is 21.1 Å². The van der Waals surface area contributed by atoms with E-state index < -0.39 is 15.1 Å². The summed E-state index contributed by atoms with van der Waals surface area (Å²) in [5.74, 6) is 0. The Labute approximate surface area is 130 Å². The Hall–Kier alpha value is -0.400. The van der Waals surface area contributed by atoms with Gasteiger partial charge in [0.1, 0.15) is 0 Å². The molecule has 0 amide bonds. The highest BCUT2D eigenvalue weighted by Crippen LogP contribution is 2.24. The predicted octanol–water partition coefficient (Wildman–Crippen LogP) is 1.79. The van der Waals surface area contributed by atoms with Crippen molar-refractivity contribution in [2.24, 2.45) is 0 Å². The van der Waals surface area contributed by atoms with Crippen LogP contribution in [-0.4, -0.2) is 42.8 Å². The fourth-order valence-corrected chi connectivity index (χ4v) is 3.78. The van der Waals surface area contributed by atoms with Crippen LogP contribution in [0.1, 0.15) is 32.2 Å². The van der Waals surface area contributed by atoms with Gasteiger partial charge in [-0.1, -0.05) is 6.92 Å². The first-order valence-electron chi connectivity index (χ1n) is 6.86. The molecule has 2 unspecified atom stereocenters. The highest BCUT2D eigenvalue weighted by Gasteiger charge is 2.27. The van der Waals surface area contributed by atoms with Gasteiger partial charge >= 0.3 is 0 Å². The zero-order valence-electron chi connectivity index (χ0n) is 12.8. The van der Waals surface area contributed by atoms with Crippen molar-refractivity contribution in [3.05, 3.63) is 15.9 Å². The van der Waals surface area contributed by atoms with Crippen LogP contribution in [0.2, 0.25) is 0 Å². The number of likely N-dealkylation sites (N-methyl/N-ethyl adjacent to an activating group) is 1. The van der Waals surface area contributed by atoms with Gasteiger partial charge in [0.15, 0.2) is 9.84 Å². The van der Waals surface area contributed by atoms with Crippen molar-refractivity contribution in [1.29, 1.82) is 0 Å². The highest BCUT2D eigenvalue weighted by molar-refractivity contribution is 9.10. The first-order chi connectivity index (χ1) is 9.26. The molecule has 0 radical (unpaired) electrons. The van der Waals surface area contributed by atoms with E-state index >= 15 is 0 Å². The Morgan fingerprint density at radius 3 is 2.40 bits per heavy atom. The number of rotatable bonds is 7. The maximum Gasteiger partial charge on any atom is 0.151 e. The smallest absolute Gasteiger partial charge is 0.151 e. The van der Waals surface area contributed by atoms with Crippen LogP contribution < -0.4 is 5.32 Å². The van der Waals surface area contributed by atoms with Gasteiger partial charge in [0.2, 0.25) is 0 Å². The minimum atomic E-state index is -3.07. The fraction of sp³-hybridized carbons (Fsp3) is 0.769. The summed E-state index contributed by atoms with van der Waals surface area (Å²) in [6, 6.07) is -0.131. The van der Waals surface area contributed by atoms with E-state index in [1.165, 1.54) is 6.26 Å². The first-order valence-corrected chi connectivity index (χ1v) is 9.61. The minimum absolute atomic E-state index is 0.131. The monoisotopic (exact) mass is 365 g/mol. The van der Waals surface area contributed by atoms with Gasteiger partial charge in [0, 0.05) is 25.3 Å². The van der Waals surface area contributed by atoms with E-state index in [1.54, 1.807) is 14.0 Å². The summed E-state index contributed by atoms with van der Waals surface area (Å²) in [6.45, 7) is 6.62. The molecule has 0 aliphatic rings. The topological polar surface area (TPSA) is 64.0 Å². The predicted molar refractivity (Wildman–Crippen MR) is 85.8 cm³/mol. The number of nitrogens with one attached hydrogen (secondary N) is 1. The van der Waals surface area contributed by atoms with E-state index in [0.29, 0.717) is 6.42 Å². The Balaban J connectivity index is 3.10. The molecule has 1 aromatic rings. The molecular weight excluding hydrogens is 342 g/mol. The maximum absolute atomic E-state index is 11.7. The number of hydrogen-bond donors (Lipinski definition) is 1. The van der Waals surface area contributed by atoms with E-state index in [1.807, 2.05) is 11.6 Å². The lowest BCUT2D eigenvalue weighted by Gasteiger charge is -2.22. The molecule has 0 aliphatic heterocycles. The largest absolute Gasteiger partial charge is 0.315 e. The first kappa shape index (κ1) is 17.7. The molecule has 1 rings (SSSR count). The molecule has 2 atom stereocenters. The molecule has 0 saturated carbocycles. The Morgan fingerprint density at radius 2 is 2.00 bits per heavy atom. The lowest BCUT2D eigenvalue weighted by Crippen LogP contribution is -2.42. The normalized spacial score (nSPS) is 15.3. The molecular formula is C13H24BrN3O2S. The minimum Gasteiger partial charge on any atom is -0.315 e. The summed E-state index contributed by atoms with van der Waals surface area (Å²) < 4.78 is 26.4. The van der Waals surface area contributed by atoms with Crippen molar-refractivity contribution < 1.29 is 8.42 Å². The second-order valence-corrected chi connectivity index (χ2v) is 8.21. The van der Waals surface area contributed by atoms with Crippen LogP contribution in [0.4, 0.5) is 0 Å². The van der Waals surface area contributed by atoms with Crippen molar-refractivity contribution in [3.8, 4) is 0 Å². The number of aromatic nitrogens is 2. The van der Waals surface area contributed by atoms with Gasteiger partial charge < -0.3 is 5.32 Å². The third kappa shape index (κ3) is 3.83. The van der Waals surface area contributed by atoms with Crippen LogP contribution in [0.25, 0.3) is 0 Å². The molecule has 116 valence electrons. The molecule has 0 aliphatic carbocycles. The standard InChI is InChI=1S/C13H24BrN3O2S/c1-6-10-13(14)12(17(7-2)16-10)8-11(15-4)9(3)20(5,18)19/h9,11,15H,6-8H2,1-5H3. The Morgan fingerprint density at radius 1 is 1.40 bits per heavy atom.